The Morgan fingerprint density at radius 2 is 2.32 bits per heavy atom. The van der Waals surface area contributed by atoms with Gasteiger partial charge in [0.1, 0.15) is 5.82 Å². The van der Waals surface area contributed by atoms with Crippen LogP contribution in [0.4, 0.5) is 11.8 Å². The second-order valence-corrected chi connectivity index (χ2v) is 5.48. The Bertz CT molecular complexity index is 422. The number of nitrogens with zero attached hydrogens (tertiary/aromatic N) is 3. The molecule has 1 aromatic heterocycles. The second kappa shape index (κ2) is 5.74. The minimum atomic E-state index is 0.552. The van der Waals surface area contributed by atoms with E-state index in [2.05, 4.69) is 32.4 Å². The average Bonchev–Trinajstić information content (AvgIpc) is 3.02. The number of anilines is 2. The van der Waals surface area contributed by atoms with E-state index in [1.165, 1.54) is 32.4 Å². The van der Waals surface area contributed by atoms with Crippen LogP contribution in [0.1, 0.15) is 32.6 Å². The number of rotatable bonds is 5. The summed E-state index contributed by atoms with van der Waals surface area (Å²) in [5, 5.41) is 6.83. The maximum atomic E-state index is 4.54. The molecule has 2 saturated heterocycles. The Morgan fingerprint density at radius 3 is 3.21 bits per heavy atom. The van der Waals surface area contributed by atoms with E-state index in [-0.39, 0.29) is 0 Å². The maximum Gasteiger partial charge on any atom is 0.224 e. The van der Waals surface area contributed by atoms with Crippen molar-refractivity contribution in [2.45, 2.75) is 44.7 Å². The van der Waals surface area contributed by atoms with Gasteiger partial charge in [-0.2, -0.15) is 4.98 Å². The lowest BCUT2D eigenvalue weighted by Crippen LogP contribution is -2.34. The summed E-state index contributed by atoms with van der Waals surface area (Å²) in [5.41, 5.74) is 0. The molecule has 0 saturated carbocycles. The summed E-state index contributed by atoms with van der Waals surface area (Å²) in [4.78, 5) is 11.4. The zero-order valence-electron chi connectivity index (χ0n) is 11.6. The predicted molar refractivity (Wildman–Crippen MR) is 77.4 cm³/mol. The van der Waals surface area contributed by atoms with Gasteiger partial charge in [0.2, 0.25) is 5.95 Å². The fraction of sp³-hybridized carbons (Fsp3) is 0.714. The lowest BCUT2D eigenvalue weighted by Gasteiger charge is -2.21. The highest BCUT2D eigenvalue weighted by Crippen LogP contribution is 2.29. The van der Waals surface area contributed by atoms with Crippen molar-refractivity contribution < 1.29 is 0 Å². The van der Waals surface area contributed by atoms with Gasteiger partial charge in [-0.3, -0.25) is 4.90 Å². The van der Waals surface area contributed by atoms with Crippen LogP contribution in [-0.2, 0) is 0 Å². The second-order valence-electron chi connectivity index (χ2n) is 5.48. The lowest BCUT2D eigenvalue weighted by molar-refractivity contribution is 0.318. The third-order valence-corrected chi connectivity index (χ3v) is 4.13. The van der Waals surface area contributed by atoms with Crippen LogP contribution < -0.4 is 10.6 Å². The molecule has 3 heterocycles. The first-order chi connectivity index (χ1) is 9.36. The summed E-state index contributed by atoms with van der Waals surface area (Å²) in [6.45, 7) is 5.57. The Labute approximate surface area is 114 Å². The standard InChI is InChI=1S/C14H23N5/c1-2-7-15-14-16-8-5-13(18-14)17-11-6-10-19-9-3-4-12(11)19/h5,8,11-12H,2-4,6-7,9-10H2,1H3,(H2,15,16,17,18). The summed E-state index contributed by atoms with van der Waals surface area (Å²) < 4.78 is 0. The van der Waals surface area contributed by atoms with Gasteiger partial charge in [-0.1, -0.05) is 6.92 Å². The molecule has 2 aliphatic rings. The molecule has 5 heteroatoms. The van der Waals surface area contributed by atoms with Crippen LogP contribution in [0.3, 0.4) is 0 Å². The smallest absolute Gasteiger partial charge is 0.224 e. The van der Waals surface area contributed by atoms with Gasteiger partial charge in [0.05, 0.1) is 0 Å². The van der Waals surface area contributed by atoms with Crippen molar-refractivity contribution in [2.24, 2.45) is 0 Å². The molecule has 3 rings (SSSR count). The first-order valence-corrected chi connectivity index (χ1v) is 7.44. The van der Waals surface area contributed by atoms with Crippen LogP contribution in [0.5, 0.6) is 0 Å². The number of hydrogen-bond donors (Lipinski definition) is 2. The van der Waals surface area contributed by atoms with Crippen molar-refractivity contribution in [3.8, 4) is 0 Å². The van der Waals surface area contributed by atoms with Crippen molar-refractivity contribution in [3.63, 3.8) is 0 Å². The Hall–Kier alpha value is -1.36. The number of aromatic nitrogens is 2. The lowest BCUT2D eigenvalue weighted by atomic mass is 10.1. The molecule has 2 N–H and O–H groups in total. The molecule has 0 amide bonds. The molecule has 2 aliphatic heterocycles. The minimum Gasteiger partial charge on any atom is -0.366 e. The molecule has 104 valence electrons. The predicted octanol–water partition coefficient (Wildman–Crippen LogP) is 1.95. The molecule has 19 heavy (non-hydrogen) atoms. The number of nitrogens with one attached hydrogen (secondary N) is 2. The Balaban J connectivity index is 1.63. The molecule has 0 bridgehead atoms. The Kier molecular flexibility index (Phi) is 3.82. The summed E-state index contributed by atoms with van der Waals surface area (Å²) >= 11 is 0. The zero-order chi connectivity index (χ0) is 13.1. The summed E-state index contributed by atoms with van der Waals surface area (Å²) in [7, 11) is 0. The molecule has 2 atom stereocenters. The fourth-order valence-electron chi connectivity index (χ4n) is 3.20. The van der Waals surface area contributed by atoms with Crippen LogP contribution >= 0.6 is 0 Å². The third kappa shape index (κ3) is 2.81. The van der Waals surface area contributed by atoms with Gasteiger partial charge >= 0.3 is 0 Å². The summed E-state index contributed by atoms with van der Waals surface area (Å²) in [6, 6.07) is 3.23. The monoisotopic (exact) mass is 261 g/mol. The van der Waals surface area contributed by atoms with Gasteiger partial charge in [0.15, 0.2) is 0 Å². The Morgan fingerprint density at radius 1 is 1.37 bits per heavy atom. The van der Waals surface area contributed by atoms with E-state index in [0.29, 0.717) is 12.1 Å². The molecule has 5 nitrogen and oxygen atoms in total. The third-order valence-electron chi connectivity index (χ3n) is 4.13. The van der Waals surface area contributed by atoms with Gasteiger partial charge in [-0.15, -0.1) is 0 Å². The normalized spacial score (nSPS) is 26.4. The minimum absolute atomic E-state index is 0.552. The van der Waals surface area contributed by atoms with E-state index < -0.39 is 0 Å². The van der Waals surface area contributed by atoms with Gasteiger partial charge in [-0.25, -0.2) is 4.98 Å². The molecule has 0 aromatic carbocycles. The van der Waals surface area contributed by atoms with Gasteiger partial charge in [0.25, 0.3) is 0 Å². The molecule has 2 unspecified atom stereocenters. The zero-order valence-corrected chi connectivity index (χ0v) is 11.6. The van der Waals surface area contributed by atoms with Crippen LogP contribution in [0.25, 0.3) is 0 Å². The largest absolute Gasteiger partial charge is 0.366 e. The molecular formula is C14H23N5. The van der Waals surface area contributed by atoms with E-state index in [1.807, 2.05) is 12.3 Å². The summed E-state index contributed by atoms with van der Waals surface area (Å²) in [6.07, 6.45) is 6.81. The topological polar surface area (TPSA) is 53.1 Å². The molecular weight excluding hydrogens is 238 g/mol. The SMILES string of the molecule is CCCNc1nccc(NC2CCN3CCCC23)n1. The first kappa shape index (κ1) is 12.7. The van der Waals surface area contributed by atoms with Crippen molar-refractivity contribution >= 4 is 11.8 Å². The van der Waals surface area contributed by atoms with E-state index in [0.717, 1.165) is 24.7 Å². The highest BCUT2D eigenvalue weighted by Gasteiger charge is 2.37. The molecule has 2 fully saturated rings. The van der Waals surface area contributed by atoms with Crippen LogP contribution in [0.15, 0.2) is 12.3 Å². The fourth-order valence-corrected chi connectivity index (χ4v) is 3.20. The highest BCUT2D eigenvalue weighted by molar-refractivity contribution is 5.41. The number of fused-ring (bicyclic) bond motifs is 1. The molecule has 0 radical (unpaired) electrons. The van der Waals surface area contributed by atoms with Crippen molar-refractivity contribution in [1.29, 1.82) is 0 Å². The van der Waals surface area contributed by atoms with Crippen LogP contribution in [-0.4, -0.2) is 46.6 Å². The van der Waals surface area contributed by atoms with E-state index in [9.17, 15) is 0 Å². The highest BCUT2D eigenvalue weighted by atomic mass is 15.3. The van der Waals surface area contributed by atoms with Crippen molar-refractivity contribution in [1.82, 2.24) is 14.9 Å². The van der Waals surface area contributed by atoms with E-state index in [4.69, 9.17) is 0 Å². The van der Waals surface area contributed by atoms with E-state index >= 15 is 0 Å². The quantitative estimate of drug-likeness (QED) is 0.848. The van der Waals surface area contributed by atoms with Gasteiger partial charge in [0, 0.05) is 31.4 Å². The molecule has 0 aliphatic carbocycles. The first-order valence-electron chi connectivity index (χ1n) is 7.44. The van der Waals surface area contributed by atoms with Crippen molar-refractivity contribution in [2.75, 3.05) is 30.3 Å². The maximum absolute atomic E-state index is 4.54. The number of hydrogen-bond acceptors (Lipinski definition) is 5. The molecule has 1 aromatic rings. The average molecular weight is 261 g/mol. The van der Waals surface area contributed by atoms with Crippen LogP contribution in [0, 0.1) is 0 Å². The van der Waals surface area contributed by atoms with Gasteiger partial charge < -0.3 is 10.6 Å². The molecule has 0 spiro atoms. The van der Waals surface area contributed by atoms with E-state index in [1.54, 1.807) is 0 Å². The van der Waals surface area contributed by atoms with Gasteiger partial charge in [-0.05, 0) is 38.3 Å². The van der Waals surface area contributed by atoms with Crippen molar-refractivity contribution in [3.05, 3.63) is 12.3 Å². The van der Waals surface area contributed by atoms with Crippen LogP contribution in [0.2, 0.25) is 0 Å². The summed E-state index contributed by atoms with van der Waals surface area (Å²) in [5.74, 6) is 1.68.